The molecule has 0 aliphatic heterocycles. The first kappa shape index (κ1) is 17.9. The molecular weight excluding hydrogens is 266 g/mol. The van der Waals surface area contributed by atoms with Gasteiger partial charge in [0.25, 0.3) is 0 Å². The summed E-state index contributed by atoms with van der Waals surface area (Å²) >= 11 is 0. The van der Waals surface area contributed by atoms with Crippen molar-refractivity contribution in [1.29, 1.82) is 0 Å². The van der Waals surface area contributed by atoms with Crippen molar-refractivity contribution in [1.82, 2.24) is 4.90 Å². The Hall–Kier alpha value is -0.193. The monoisotopic (exact) mass is 299 g/mol. The SMILES string of the molecule is CCN(CC)CC1C[C@H](O[Si](C)(C)C(C)(C)C)CC1=O. The zero-order valence-electron chi connectivity index (χ0n) is 14.5. The maximum Gasteiger partial charge on any atom is 0.192 e. The lowest BCUT2D eigenvalue weighted by atomic mass is 10.1. The molecule has 0 spiro atoms. The van der Waals surface area contributed by atoms with Crippen LogP contribution in [0.1, 0.15) is 47.5 Å². The molecule has 0 aromatic rings. The standard InChI is InChI=1S/C16H33NO2Si/c1-8-17(9-2)12-13-10-14(11-15(13)18)19-20(6,7)16(3,4)5/h13-14H,8-12H2,1-7H3/t13?,14-/m0/s1. The van der Waals surface area contributed by atoms with Crippen molar-refractivity contribution < 1.29 is 9.22 Å². The molecule has 1 rings (SSSR count). The van der Waals surface area contributed by atoms with Gasteiger partial charge in [0.15, 0.2) is 8.32 Å². The van der Waals surface area contributed by atoms with Gasteiger partial charge in [0.2, 0.25) is 0 Å². The van der Waals surface area contributed by atoms with Gasteiger partial charge in [0, 0.05) is 18.9 Å². The van der Waals surface area contributed by atoms with E-state index in [0.29, 0.717) is 12.2 Å². The molecule has 0 radical (unpaired) electrons. The second-order valence-electron chi connectivity index (χ2n) is 7.59. The third kappa shape index (κ3) is 4.40. The molecule has 1 aliphatic carbocycles. The maximum atomic E-state index is 12.2. The van der Waals surface area contributed by atoms with Gasteiger partial charge in [-0.05, 0) is 37.6 Å². The second-order valence-corrected chi connectivity index (χ2v) is 12.3. The van der Waals surface area contributed by atoms with Gasteiger partial charge < -0.3 is 9.33 Å². The number of hydrogen-bond acceptors (Lipinski definition) is 3. The number of hydrogen-bond donors (Lipinski definition) is 0. The van der Waals surface area contributed by atoms with E-state index in [9.17, 15) is 4.79 Å². The summed E-state index contributed by atoms with van der Waals surface area (Å²) in [6, 6.07) is 0. The molecule has 1 saturated carbocycles. The van der Waals surface area contributed by atoms with E-state index in [1.165, 1.54) is 0 Å². The van der Waals surface area contributed by atoms with Crippen molar-refractivity contribution in [2.45, 2.75) is 71.7 Å². The fourth-order valence-electron chi connectivity index (χ4n) is 2.58. The van der Waals surface area contributed by atoms with Gasteiger partial charge in [-0.3, -0.25) is 4.79 Å². The number of rotatable bonds is 6. The first-order chi connectivity index (χ1) is 9.10. The Bertz CT molecular complexity index is 332. The van der Waals surface area contributed by atoms with E-state index in [4.69, 9.17) is 4.43 Å². The lowest BCUT2D eigenvalue weighted by Gasteiger charge is -2.38. The van der Waals surface area contributed by atoms with Crippen LogP contribution in [0.4, 0.5) is 0 Å². The van der Waals surface area contributed by atoms with E-state index in [1.807, 2.05) is 0 Å². The van der Waals surface area contributed by atoms with Gasteiger partial charge >= 0.3 is 0 Å². The van der Waals surface area contributed by atoms with Crippen molar-refractivity contribution in [2.75, 3.05) is 19.6 Å². The molecule has 1 unspecified atom stereocenters. The van der Waals surface area contributed by atoms with Crippen molar-refractivity contribution >= 4 is 14.1 Å². The number of carbonyl (C=O) groups excluding carboxylic acids is 1. The summed E-state index contributed by atoms with van der Waals surface area (Å²) in [5.74, 6) is 0.588. The maximum absolute atomic E-state index is 12.2. The summed E-state index contributed by atoms with van der Waals surface area (Å²) in [6.07, 6.45) is 1.70. The molecule has 1 fully saturated rings. The van der Waals surface area contributed by atoms with E-state index in [2.05, 4.69) is 52.6 Å². The highest BCUT2D eigenvalue weighted by atomic mass is 28.4. The van der Waals surface area contributed by atoms with Crippen LogP contribution in [-0.2, 0) is 9.22 Å². The highest BCUT2D eigenvalue weighted by Gasteiger charge is 2.42. The number of ketones is 1. The van der Waals surface area contributed by atoms with Crippen LogP contribution in [0.25, 0.3) is 0 Å². The molecule has 0 bridgehead atoms. The van der Waals surface area contributed by atoms with E-state index in [-0.39, 0.29) is 17.1 Å². The van der Waals surface area contributed by atoms with Crippen LogP contribution < -0.4 is 0 Å². The molecule has 0 aromatic heterocycles. The Labute approximate surface area is 126 Å². The Balaban J connectivity index is 2.59. The minimum Gasteiger partial charge on any atom is -0.413 e. The molecule has 1 aliphatic rings. The van der Waals surface area contributed by atoms with Gasteiger partial charge in [-0.15, -0.1) is 0 Å². The third-order valence-electron chi connectivity index (χ3n) is 5.07. The number of nitrogens with zero attached hydrogens (tertiary/aromatic N) is 1. The predicted octanol–water partition coefficient (Wildman–Crippen LogP) is 3.70. The Morgan fingerprint density at radius 1 is 1.25 bits per heavy atom. The normalized spacial score (nSPS) is 24.7. The zero-order valence-corrected chi connectivity index (χ0v) is 15.5. The Morgan fingerprint density at radius 2 is 1.80 bits per heavy atom. The van der Waals surface area contributed by atoms with E-state index < -0.39 is 8.32 Å². The minimum atomic E-state index is -1.75. The summed E-state index contributed by atoms with van der Waals surface area (Å²) in [7, 11) is -1.75. The largest absolute Gasteiger partial charge is 0.413 e. The molecule has 4 heteroatoms. The molecule has 20 heavy (non-hydrogen) atoms. The fraction of sp³-hybridized carbons (Fsp3) is 0.938. The number of carbonyl (C=O) groups is 1. The first-order valence-corrected chi connectivity index (χ1v) is 10.9. The van der Waals surface area contributed by atoms with Crippen molar-refractivity contribution in [3.63, 3.8) is 0 Å². The molecular formula is C16H33NO2Si. The second kappa shape index (κ2) is 6.71. The molecule has 0 saturated heterocycles. The van der Waals surface area contributed by atoms with Gasteiger partial charge in [0.05, 0.1) is 6.10 Å². The summed E-state index contributed by atoms with van der Waals surface area (Å²) in [6.45, 7) is 18.6. The van der Waals surface area contributed by atoms with Crippen molar-refractivity contribution in [3.8, 4) is 0 Å². The summed E-state index contributed by atoms with van der Waals surface area (Å²) < 4.78 is 6.41. The molecule has 2 atom stereocenters. The Morgan fingerprint density at radius 3 is 2.25 bits per heavy atom. The lowest BCUT2D eigenvalue weighted by molar-refractivity contribution is -0.121. The molecule has 0 aromatic carbocycles. The van der Waals surface area contributed by atoms with Crippen LogP contribution in [0.5, 0.6) is 0 Å². The molecule has 0 amide bonds. The summed E-state index contributed by atoms with van der Waals surface area (Å²) in [4.78, 5) is 14.5. The van der Waals surface area contributed by atoms with Crippen LogP contribution in [0.2, 0.25) is 18.1 Å². The Kier molecular flexibility index (Phi) is 5.99. The first-order valence-electron chi connectivity index (χ1n) is 8.03. The average molecular weight is 300 g/mol. The van der Waals surface area contributed by atoms with E-state index in [1.54, 1.807) is 0 Å². The van der Waals surface area contributed by atoms with E-state index >= 15 is 0 Å². The van der Waals surface area contributed by atoms with E-state index in [0.717, 1.165) is 26.1 Å². The molecule has 3 nitrogen and oxygen atoms in total. The topological polar surface area (TPSA) is 29.5 Å². The molecule has 0 N–H and O–H groups in total. The lowest BCUT2D eigenvalue weighted by Crippen LogP contribution is -2.43. The van der Waals surface area contributed by atoms with Crippen molar-refractivity contribution in [2.24, 2.45) is 5.92 Å². The van der Waals surface area contributed by atoms with Crippen molar-refractivity contribution in [3.05, 3.63) is 0 Å². The fourth-order valence-corrected chi connectivity index (χ4v) is 3.94. The van der Waals surface area contributed by atoms with Gasteiger partial charge in [-0.25, -0.2) is 0 Å². The summed E-state index contributed by atoms with van der Waals surface area (Å²) in [5, 5.41) is 0.215. The van der Waals surface area contributed by atoms with Crippen LogP contribution >= 0.6 is 0 Å². The third-order valence-corrected chi connectivity index (χ3v) is 9.61. The van der Waals surface area contributed by atoms with Crippen LogP contribution in [0, 0.1) is 5.92 Å². The number of Topliss-reactive ketones (excluding diaryl/α,β-unsaturated/α-hetero) is 1. The quantitative estimate of drug-likeness (QED) is 0.700. The minimum absolute atomic E-state index is 0.156. The van der Waals surface area contributed by atoms with Gasteiger partial charge in [0.1, 0.15) is 5.78 Å². The summed E-state index contributed by atoms with van der Waals surface area (Å²) in [5.41, 5.74) is 0. The smallest absolute Gasteiger partial charge is 0.192 e. The highest BCUT2D eigenvalue weighted by Crippen LogP contribution is 2.39. The highest BCUT2D eigenvalue weighted by molar-refractivity contribution is 6.74. The van der Waals surface area contributed by atoms with Gasteiger partial charge in [-0.1, -0.05) is 34.6 Å². The average Bonchev–Trinajstić information content (AvgIpc) is 2.64. The van der Waals surface area contributed by atoms with Crippen LogP contribution in [-0.4, -0.2) is 44.7 Å². The zero-order chi connectivity index (χ0) is 15.6. The molecule has 118 valence electrons. The van der Waals surface area contributed by atoms with Crippen LogP contribution in [0.3, 0.4) is 0 Å². The predicted molar refractivity (Wildman–Crippen MR) is 87.6 cm³/mol. The molecule has 0 heterocycles. The van der Waals surface area contributed by atoms with Gasteiger partial charge in [-0.2, -0.15) is 0 Å². The van der Waals surface area contributed by atoms with Crippen LogP contribution in [0.15, 0.2) is 0 Å².